The van der Waals surface area contributed by atoms with Gasteiger partial charge in [-0.25, -0.2) is 13.9 Å². The van der Waals surface area contributed by atoms with Crippen LogP contribution in [0.25, 0.3) is 10.8 Å². The second-order valence-electron chi connectivity index (χ2n) is 7.37. The number of carbonyl (C=O) groups excluding carboxylic acids is 2. The number of hydroxylamine groups is 1. The number of anilines is 1. The largest absolute Gasteiger partial charge is 0.326 e. The Morgan fingerprint density at radius 3 is 2.34 bits per heavy atom. The van der Waals surface area contributed by atoms with Crippen molar-refractivity contribution in [3.63, 3.8) is 0 Å². The van der Waals surface area contributed by atoms with Crippen molar-refractivity contribution in [1.82, 2.24) is 9.79 Å². The number of nitrogens with zero attached hydrogens (tertiary/aromatic N) is 1. The summed E-state index contributed by atoms with van der Waals surface area (Å²) in [5, 5.41) is 13.0. The van der Waals surface area contributed by atoms with Crippen LogP contribution in [0.4, 0.5) is 5.69 Å². The van der Waals surface area contributed by atoms with Gasteiger partial charge in [-0.05, 0) is 53.4 Å². The quantitative estimate of drug-likeness (QED) is 0.339. The molecule has 0 saturated carbocycles. The lowest BCUT2D eigenvalue weighted by Gasteiger charge is -2.21. The maximum atomic E-state index is 13.3. The van der Waals surface area contributed by atoms with Crippen LogP contribution in [0, 0.1) is 0 Å². The first kappa shape index (κ1) is 23.4. The summed E-state index contributed by atoms with van der Waals surface area (Å²) in [5.41, 5.74) is 3.18. The Bertz CT molecular complexity index is 1210. The molecule has 0 unspecified atom stereocenters. The first-order valence-electron chi connectivity index (χ1n) is 10.1. The molecular weight excluding hydrogens is 430 g/mol. The molecule has 0 saturated heterocycles. The molecule has 0 atom stereocenters. The van der Waals surface area contributed by atoms with E-state index in [1.54, 1.807) is 24.3 Å². The molecule has 0 aromatic heterocycles. The summed E-state index contributed by atoms with van der Waals surface area (Å²) >= 11 is 0. The number of hydrogen-bond acceptors (Lipinski definition) is 5. The van der Waals surface area contributed by atoms with Gasteiger partial charge in [0.15, 0.2) is 0 Å². The molecule has 3 N–H and O–H groups in total. The molecule has 0 heterocycles. The van der Waals surface area contributed by atoms with E-state index in [2.05, 4.69) is 5.32 Å². The summed E-state index contributed by atoms with van der Waals surface area (Å²) in [7, 11) is -3.99. The fourth-order valence-corrected chi connectivity index (χ4v) is 4.87. The molecule has 9 heteroatoms. The number of sulfonamides is 1. The van der Waals surface area contributed by atoms with Gasteiger partial charge in [0.25, 0.3) is 5.91 Å². The van der Waals surface area contributed by atoms with Crippen LogP contribution in [-0.4, -0.2) is 42.8 Å². The van der Waals surface area contributed by atoms with E-state index < -0.39 is 22.5 Å². The van der Waals surface area contributed by atoms with E-state index in [1.165, 1.54) is 24.5 Å². The van der Waals surface area contributed by atoms with E-state index in [-0.39, 0.29) is 17.3 Å². The number of aryl methyl sites for hydroxylation is 1. The molecule has 0 aliphatic carbocycles. The van der Waals surface area contributed by atoms with Crippen LogP contribution in [0.5, 0.6) is 0 Å². The Morgan fingerprint density at radius 1 is 0.969 bits per heavy atom. The molecule has 0 spiro atoms. The Kier molecular flexibility index (Phi) is 7.57. The van der Waals surface area contributed by atoms with Gasteiger partial charge < -0.3 is 5.32 Å². The molecule has 168 valence electrons. The van der Waals surface area contributed by atoms with Gasteiger partial charge in [-0.15, -0.1) is 0 Å². The summed E-state index contributed by atoms with van der Waals surface area (Å²) in [5.74, 6) is -1.01. The molecule has 3 aromatic rings. The van der Waals surface area contributed by atoms with Crippen LogP contribution < -0.4 is 10.8 Å². The van der Waals surface area contributed by atoms with Crippen molar-refractivity contribution in [2.24, 2.45) is 0 Å². The third-order valence-corrected chi connectivity index (χ3v) is 6.77. The smallest absolute Gasteiger partial charge is 0.258 e. The van der Waals surface area contributed by atoms with Gasteiger partial charge in [0.1, 0.15) is 0 Å². The number of fused-ring (bicyclic) bond motifs is 1. The van der Waals surface area contributed by atoms with Gasteiger partial charge in [-0.2, -0.15) is 4.31 Å². The predicted octanol–water partition coefficient (Wildman–Crippen LogP) is 2.93. The lowest BCUT2D eigenvalue weighted by Crippen LogP contribution is -2.40. The van der Waals surface area contributed by atoms with Gasteiger partial charge in [0.2, 0.25) is 15.9 Å². The average Bonchev–Trinajstić information content (AvgIpc) is 2.78. The highest BCUT2D eigenvalue weighted by atomic mass is 32.2. The van der Waals surface area contributed by atoms with Crippen LogP contribution in [0.15, 0.2) is 71.6 Å². The lowest BCUT2D eigenvalue weighted by molar-refractivity contribution is -0.129. The van der Waals surface area contributed by atoms with Gasteiger partial charge in [0, 0.05) is 19.2 Å². The van der Waals surface area contributed by atoms with E-state index in [9.17, 15) is 18.0 Å². The van der Waals surface area contributed by atoms with E-state index in [4.69, 9.17) is 5.21 Å². The standard InChI is InChI=1S/C23H25N3O5S/c1-17(27)24-21-11-9-20-15-22(12-10-19(20)14-21)32(30,31)26(16-23(28)25-29)13-5-8-18-6-3-2-4-7-18/h2-4,6-7,9-12,14-15,29H,5,8,13,16H2,1H3,(H,24,27)(H,25,28). The fourth-order valence-electron chi connectivity index (χ4n) is 3.40. The maximum Gasteiger partial charge on any atom is 0.258 e. The highest BCUT2D eigenvalue weighted by molar-refractivity contribution is 7.89. The molecule has 0 bridgehead atoms. The number of hydrogen-bond donors (Lipinski definition) is 3. The molecule has 32 heavy (non-hydrogen) atoms. The Balaban J connectivity index is 1.84. The van der Waals surface area contributed by atoms with Gasteiger partial charge in [-0.3, -0.25) is 14.8 Å². The third kappa shape index (κ3) is 5.91. The maximum absolute atomic E-state index is 13.3. The Labute approximate surface area is 186 Å². The van der Waals surface area contributed by atoms with Crippen molar-refractivity contribution in [3.05, 3.63) is 72.3 Å². The first-order valence-corrected chi connectivity index (χ1v) is 11.5. The van der Waals surface area contributed by atoms with Crippen molar-refractivity contribution >= 4 is 38.3 Å². The van der Waals surface area contributed by atoms with E-state index in [0.717, 1.165) is 15.3 Å². The second kappa shape index (κ2) is 10.4. The summed E-state index contributed by atoms with van der Waals surface area (Å²) in [6, 6.07) is 19.5. The summed E-state index contributed by atoms with van der Waals surface area (Å²) in [6.45, 7) is 1.03. The fraction of sp³-hybridized carbons (Fsp3) is 0.217. The van der Waals surface area contributed by atoms with Crippen LogP contribution in [-0.2, 0) is 26.0 Å². The molecule has 3 aromatic carbocycles. The minimum atomic E-state index is -3.99. The number of benzene rings is 3. The molecule has 0 radical (unpaired) electrons. The number of carbonyl (C=O) groups is 2. The molecular formula is C23H25N3O5S. The minimum absolute atomic E-state index is 0.0442. The van der Waals surface area contributed by atoms with Crippen molar-refractivity contribution in [1.29, 1.82) is 0 Å². The molecule has 0 aliphatic rings. The zero-order valence-corrected chi connectivity index (χ0v) is 18.4. The monoisotopic (exact) mass is 455 g/mol. The van der Waals surface area contributed by atoms with Crippen LogP contribution in [0.2, 0.25) is 0 Å². The molecule has 8 nitrogen and oxygen atoms in total. The SMILES string of the molecule is CC(=O)Nc1ccc2cc(S(=O)(=O)N(CCCc3ccccc3)CC(=O)NO)ccc2c1. The van der Waals surface area contributed by atoms with Gasteiger partial charge in [-0.1, -0.05) is 42.5 Å². The van der Waals surface area contributed by atoms with Crippen molar-refractivity contribution in [2.45, 2.75) is 24.7 Å². The molecule has 2 amide bonds. The highest BCUT2D eigenvalue weighted by Crippen LogP contribution is 2.25. The first-order chi connectivity index (χ1) is 15.3. The Morgan fingerprint density at radius 2 is 1.66 bits per heavy atom. The van der Waals surface area contributed by atoms with Crippen LogP contribution >= 0.6 is 0 Å². The van der Waals surface area contributed by atoms with Crippen molar-refractivity contribution in [2.75, 3.05) is 18.4 Å². The van der Waals surface area contributed by atoms with Gasteiger partial charge in [0.05, 0.1) is 11.4 Å². The topological polar surface area (TPSA) is 116 Å². The Hall–Kier alpha value is -3.27. The summed E-state index contributed by atoms with van der Waals surface area (Å²) < 4.78 is 27.6. The van der Waals surface area contributed by atoms with Crippen molar-refractivity contribution < 1.29 is 23.2 Å². The minimum Gasteiger partial charge on any atom is -0.326 e. The van der Waals surface area contributed by atoms with Crippen LogP contribution in [0.3, 0.4) is 0 Å². The summed E-state index contributed by atoms with van der Waals surface area (Å²) in [4.78, 5) is 23.1. The van der Waals surface area contributed by atoms with Gasteiger partial charge >= 0.3 is 0 Å². The molecule has 0 fully saturated rings. The second-order valence-corrected chi connectivity index (χ2v) is 9.31. The highest BCUT2D eigenvalue weighted by Gasteiger charge is 2.26. The lowest BCUT2D eigenvalue weighted by atomic mass is 10.1. The van der Waals surface area contributed by atoms with E-state index in [0.29, 0.717) is 23.9 Å². The number of rotatable bonds is 9. The zero-order chi connectivity index (χ0) is 23.1. The third-order valence-electron chi connectivity index (χ3n) is 4.93. The molecule has 3 rings (SSSR count). The van der Waals surface area contributed by atoms with Crippen molar-refractivity contribution in [3.8, 4) is 0 Å². The number of amides is 2. The van der Waals surface area contributed by atoms with E-state index >= 15 is 0 Å². The van der Waals surface area contributed by atoms with E-state index in [1.807, 2.05) is 30.3 Å². The zero-order valence-electron chi connectivity index (χ0n) is 17.6. The predicted molar refractivity (Wildman–Crippen MR) is 122 cm³/mol. The average molecular weight is 456 g/mol. The molecule has 0 aliphatic heterocycles. The number of nitrogens with one attached hydrogen (secondary N) is 2. The normalized spacial score (nSPS) is 11.5. The summed E-state index contributed by atoms with van der Waals surface area (Å²) in [6.07, 6.45) is 1.16. The van der Waals surface area contributed by atoms with Crippen LogP contribution in [0.1, 0.15) is 18.9 Å².